The Kier molecular flexibility index (Phi) is 12.4. The highest BCUT2D eigenvalue weighted by Crippen LogP contribution is 2.66. The lowest BCUT2D eigenvalue weighted by Gasteiger charge is -2.59. The van der Waals surface area contributed by atoms with Crippen LogP contribution in [0.3, 0.4) is 0 Å². The molecule has 0 saturated heterocycles. The summed E-state index contributed by atoms with van der Waals surface area (Å²) in [6.07, 6.45) is 13.6. The molecule has 2 aromatic rings. The second-order valence-electron chi connectivity index (χ2n) is 16.8. The molecule has 1 aromatic heterocycles. The number of hydrogen-bond donors (Lipinski definition) is 1. The van der Waals surface area contributed by atoms with E-state index < -0.39 is 0 Å². The quantitative estimate of drug-likeness (QED) is 0.181. The summed E-state index contributed by atoms with van der Waals surface area (Å²) < 4.78 is 11.8. The number of likely N-dealkylation sites (N-methyl/N-ethyl adjacent to an activating group) is 1. The van der Waals surface area contributed by atoms with Gasteiger partial charge in [-0.15, -0.1) is 0 Å². The smallest absolute Gasteiger partial charge is 0.306 e. The number of ketones is 1. The van der Waals surface area contributed by atoms with Gasteiger partial charge in [-0.2, -0.15) is 0 Å². The molecule has 1 N–H and O–H groups in total. The molecule has 8 nitrogen and oxygen atoms in total. The first kappa shape index (κ1) is 38.7. The SMILES string of the molecule is CCN(CCCC(C)Nc1ccnc2cc(Cl)ccc12)CCOC(=O)CCCC(=O)O[C@H]1CCC2C3C(CC[C@@]21C)[C@@]1(C)CCC(=O)C=C1C[C@H]3C. The van der Waals surface area contributed by atoms with Crippen molar-refractivity contribution in [3.8, 4) is 0 Å². The van der Waals surface area contributed by atoms with Crippen molar-refractivity contribution >= 4 is 45.9 Å². The Morgan fingerprint density at radius 3 is 2.67 bits per heavy atom. The minimum absolute atomic E-state index is 0.00444. The zero-order chi connectivity index (χ0) is 37.0. The number of allylic oxidation sites excluding steroid dienone is 1. The topological polar surface area (TPSA) is 97.8 Å². The molecule has 0 radical (unpaired) electrons. The molecule has 4 aliphatic carbocycles. The Hall–Kier alpha value is -2.97. The predicted molar refractivity (Wildman–Crippen MR) is 207 cm³/mol. The molecule has 284 valence electrons. The maximum absolute atomic E-state index is 13.0. The van der Waals surface area contributed by atoms with Crippen LogP contribution in [0.5, 0.6) is 0 Å². The number of benzene rings is 1. The molecule has 0 spiro atoms. The van der Waals surface area contributed by atoms with Crippen molar-refractivity contribution in [2.24, 2.45) is 34.5 Å². The monoisotopic (exact) mass is 733 g/mol. The second-order valence-corrected chi connectivity index (χ2v) is 17.3. The van der Waals surface area contributed by atoms with Crippen molar-refractivity contribution < 1.29 is 23.9 Å². The van der Waals surface area contributed by atoms with Gasteiger partial charge >= 0.3 is 11.9 Å². The number of esters is 2. The van der Waals surface area contributed by atoms with Gasteiger partial charge in [0.25, 0.3) is 0 Å². The normalized spacial score (nSPS) is 30.2. The molecule has 52 heavy (non-hydrogen) atoms. The van der Waals surface area contributed by atoms with Crippen LogP contribution in [0.4, 0.5) is 5.69 Å². The fourth-order valence-corrected chi connectivity index (χ4v) is 10.8. The lowest BCUT2D eigenvalue weighted by Crippen LogP contribution is -2.54. The van der Waals surface area contributed by atoms with Crippen LogP contribution in [-0.2, 0) is 23.9 Å². The number of fused-ring (bicyclic) bond motifs is 6. The first-order chi connectivity index (χ1) is 24.9. The average molecular weight is 734 g/mol. The van der Waals surface area contributed by atoms with Crippen molar-refractivity contribution in [3.05, 3.63) is 47.1 Å². The van der Waals surface area contributed by atoms with E-state index in [1.165, 1.54) is 5.57 Å². The summed E-state index contributed by atoms with van der Waals surface area (Å²) >= 11 is 6.14. The van der Waals surface area contributed by atoms with Crippen molar-refractivity contribution in [3.63, 3.8) is 0 Å². The minimum atomic E-state index is -0.253. The number of aromatic nitrogens is 1. The Morgan fingerprint density at radius 2 is 1.87 bits per heavy atom. The number of nitrogens with one attached hydrogen (secondary N) is 1. The first-order valence-corrected chi connectivity index (χ1v) is 20.4. The van der Waals surface area contributed by atoms with E-state index in [-0.39, 0.29) is 47.8 Å². The molecule has 0 aliphatic heterocycles. The maximum Gasteiger partial charge on any atom is 0.306 e. The van der Waals surface area contributed by atoms with Crippen LogP contribution in [0.25, 0.3) is 10.9 Å². The summed E-state index contributed by atoms with van der Waals surface area (Å²) in [6.45, 7) is 14.3. The standard InChI is InChI=1S/C43H60ClN3O5/c1-6-47(22-8-9-29(3)46-36-18-21-45-37-27-31(44)12-13-33(36)37)23-24-51-39(49)10-7-11-40(50)52-38-15-14-34-41-28(2)25-30-26-32(48)16-19-42(30,4)35(41)17-20-43(34,38)5/h12-13,18,21,26-29,34-35,38,41H,6-11,14-17,19-20,22-25H2,1-5H3,(H,45,46)/t28-,29?,34?,35?,38+,41?,42+,43+/m1/s1. The van der Waals surface area contributed by atoms with Crippen LogP contribution in [0.1, 0.15) is 112 Å². The third-order valence-electron chi connectivity index (χ3n) is 13.6. The largest absolute Gasteiger partial charge is 0.464 e. The Balaban J connectivity index is 0.873. The van der Waals surface area contributed by atoms with Crippen LogP contribution < -0.4 is 5.32 Å². The number of carbonyl (C=O) groups excluding carboxylic acids is 3. The summed E-state index contributed by atoms with van der Waals surface area (Å²) in [5.74, 6) is 2.14. The van der Waals surface area contributed by atoms with E-state index >= 15 is 0 Å². The first-order valence-electron chi connectivity index (χ1n) is 20.0. The maximum atomic E-state index is 13.0. The molecule has 4 unspecified atom stereocenters. The van der Waals surface area contributed by atoms with E-state index in [1.807, 2.05) is 30.3 Å². The van der Waals surface area contributed by atoms with E-state index in [0.717, 1.165) is 81.0 Å². The molecular weight excluding hydrogens is 674 g/mol. The fourth-order valence-electron chi connectivity index (χ4n) is 10.6. The fraction of sp³-hybridized carbons (Fsp3) is 0.674. The molecule has 6 rings (SSSR count). The molecule has 1 aromatic carbocycles. The number of hydrogen-bond acceptors (Lipinski definition) is 8. The zero-order valence-electron chi connectivity index (χ0n) is 32.1. The number of halogens is 1. The molecule has 0 amide bonds. The summed E-state index contributed by atoms with van der Waals surface area (Å²) in [7, 11) is 0. The highest BCUT2D eigenvalue weighted by Gasteiger charge is 2.61. The van der Waals surface area contributed by atoms with Crippen LogP contribution in [0.15, 0.2) is 42.1 Å². The zero-order valence-corrected chi connectivity index (χ0v) is 32.8. The number of carbonyl (C=O) groups is 3. The van der Waals surface area contributed by atoms with Crippen molar-refractivity contribution in [1.82, 2.24) is 9.88 Å². The van der Waals surface area contributed by atoms with E-state index in [9.17, 15) is 14.4 Å². The molecular formula is C43H60ClN3O5. The Bertz CT molecular complexity index is 1650. The number of ether oxygens (including phenoxy) is 2. The van der Waals surface area contributed by atoms with Crippen LogP contribution in [0.2, 0.25) is 5.02 Å². The van der Waals surface area contributed by atoms with Gasteiger partial charge in [0.05, 0.1) is 5.52 Å². The molecule has 3 fully saturated rings. The van der Waals surface area contributed by atoms with Crippen LogP contribution >= 0.6 is 11.6 Å². The highest BCUT2D eigenvalue weighted by atomic mass is 35.5. The summed E-state index contributed by atoms with van der Waals surface area (Å²) in [4.78, 5) is 44.6. The van der Waals surface area contributed by atoms with Crippen molar-refractivity contribution in [2.75, 3.05) is 31.6 Å². The molecule has 9 heteroatoms. The predicted octanol–water partition coefficient (Wildman–Crippen LogP) is 9.19. The van der Waals surface area contributed by atoms with E-state index in [0.29, 0.717) is 60.5 Å². The lowest BCUT2D eigenvalue weighted by molar-refractivity contribution is -0.161. The van der Waals surface area contributed by atoms with Gasteiger partial charge in [0.1, 0.15) is 12.7 Å². The molecule has 8 atom stereocenters. The van der Waals surface area contributed by atoms with Gasteiger partial charge in [-0.05, 0) is 137 Å². The summed E-state index contributed by atoms with van der Waals surface area (Å²) in [6, 6.07) is 8.08. The van der Waals surface area contributed by atoms with E-state index in [2.05, 4.69) is 49.8 Å². The van der Waals surface area contributed by atoms with Crippen LogP contribution in [-0.4, -0.2) is 66.0 Å². The van der Waals surface area contributed by atoms with Gasteiger partial charge in [0.15, 0.2) is 5.78 Å². The molecule has 4 aliphatic rings. The van der Waals surface area contributed by atoms with Gasteiger partial charge < -0.3 is 19.7 Å². The van der Waals surface area contributed by atoms with Gasteiger partial charge in [0, 0.05) is 59.6 Å². The summed E-state index contributed by atoms with van der Waals surface area (Å²) in [5, 5.41) is 5.37. The highest BCUT2D eigenvalue weighted by molar-refractivity contribution is 6.31. The van der Waals surface area contributed by atoms with Crippen LogP contribution in [0, 0.1) is 34.5 Å². The van der Waals surface area contributed by atoms with E-state index in [1.54, 1.807) is 6.20 Å². The second kappa shape index (κ2) is 16.6. The third kappa shape index (κ3) is 8.38. The van der Waals surface area contributed by atoms with E-state index in [4.69, 9.17) is 21.1 Å². The van der Waals surface area contributed by atoms with Gasteiger partial charge in [-0.1, -0.05) is 44.9 Å². The van der Waals surface area contributed by atoms with Gasteiger partial charge in [-0.3, -0.25) is 19.4 Å². The lowest BCUT2D eigenvalue weighted by atomic mass is 9.45. The van der Waals surface area contributed by atoms with Crippen molar-refractivity contribution in [2.45, 2.75) is 124 Å². The number of pyridine rings is 1. The molecule has 0 bridgehead atoms. The molecule has 1 heterocycles. The number of rotatable bonds is 15. The third-order valence-corrected chi connectivity index (χ3v) is 13.8. The average Bonchev–Trinajstić information content (AvgIpc) is 3.43. The summed E-state index contributed by atoms with van der Waals surface area (Å²) in [5.41, 5.74) is 3.46. The Labute approximate surface area is 315 Å². The minimum Gasteiger partial charge on any atom is -0.464 e. The van der Waals surface area contributed by atoms with Gasteiger partial charge in [-0.25, -0.2) is 0 Å². The number of nitrogens with zero attached hydrogens (tertiary/aromatic N) is 2. The number of anilines is 1. The molecule has 3 saturated carbocycles. The van der Waals surface area contributed by atoms with Gasteiger partial charge in [0.2, 0.25) is 0 Å². The Morgan fingerprint density at radius 1 is 1.06 bits per heavy atom. The van der Waals surface area contributed by atoms with Crippen molar-refractivity contribution in [1.29, 1.82) is 0 Å².